The molecule has 1 aliphatic carbocycles. The van der Waals surface area contributed by atoms with Gasteiger partial charge in [-0.15, -0.1) is 0 Å². The maximum absolute atomic E-state index is 13.1. The van der Waals surface area contributed by atoms with Gasteiger partial charge < -0.3 is 4.90 Å². The van der Waals surface area contributed by atoms with Gasteiger partial charge in [-0.05, 0) is 37.2 Å². The Morgan fingerprint density at radius 1 is 1.04 bits per heavy atom. The minimum Gasteiger partial charge on any atom is -0.337 e. The van der Waals surface area contributed by atoms with Crippen LogP contribution in [-0.2, 0) is 6.42 Å². The second-order valence-electron chi connectivity index (χ2n) is 9.04. The first-order chi connectivity index (χ1) is 13.6. The number of nitrogens with zero attached hydrogens (tertiary/aromatic N) is 4. The molecule has 1 saturated carbocycles. The Bertz CT molecular complexity index is 811. The molecule has 0 unspecified atom stereocenters. The number of amides is 1. The maximum atomic E-state index is 13.1. The van der Waals surface area contributed by atoms with Gasteiger partial charge in [-0.2, -0.15) is 5.10 Å². The molecule has 0 bridgehead atoms. The zero-order chi connectivity index (χ0) is 19.5. The van der Waals surface area contributed by atoms with Crippen molar-refractivity contribution in [3.63, 3.8) is 0 Å². The van der Waals surface area contributed by atoms with Crippen LogP contribution >= 0.6 is 0 Å². The van der Waals surface area contributed by atoms with Gasteiger partial charge in [-0.1, -0.05) is 58.8 Å². The lowest BCUT2D eigenvalue weighted by atomic mass is 10.00. The molecule has 0 radical (unpaired) electrons. The smallest absolute Gasteiger partial charge is 0.274 e. The van der Waals surface area contributed by atoms with Crippen molar-refractivity contribution in [1.82, 2.24) is 19.5 Å². The van der Waals surface area contributed by atoms with E-state index in [-0.39, 0.29) is 5.91 Å². The fourth-order valence-corrected chi connectivity index (χ4v) is 4.80. The SMILES string of the molecule is CC(C)c1cc(CC2CCCC2)nc2cc(C(=O)N3CCCCCCC3)nn12. The number of likely N-dealkylation sites (tertiary alicyclic amines) is 1. The summed E-state index contributed by atoms with van der Waals surface area (Å²) in [6, 6.07) is 4.12. The number of hydrogen-bond donors (Lipinski definition) is 0. The number of carbonyl (C=O) groups excluding carboxylic acids is 1. The van der Waals surface area contributed by atoms with Gasteiger partial charge in [0, 0.05) is 30.5 Å². The van der Waals surface area contributed by atoms with Crippen LogP contribution in [0.5, 0.6) is 0 Å². The fourth-order valence-electron chi connectivity index (χ4n) is 4.80. The molecule has 3 heterocycles. The van der Waals surface area contributed by atoms with E-state index in [0.717, 1.165) is 55.3 Å². The van der Waals surface area contributed by atoms with E-state index >= 15 is 0 Å². The summed E-state index contributed by atoms with van der Waals surface area (Å²) in [5, 5.41) is 4.70. The lowest BCUT2D eigenvalue weighted by Gasteiger charge is -2.23. The van der Waals surface area contributed by atoms with E-state index in [1.165, 1.54) is 44.9 Å². The molecule has 1 aliphatic heterocycles. The van der Waals surface area contributed by atoms with Gasteiger partial charge in [0.1, 0.15) is 0 Å². The number of carbonyl (C=O) groups is 1. The molecule has 28 heavy (non-hydrogen) atoms. The van der Waals surface area contributed by atoms with Gasteiger partial charge in [-0.25, -0.2) is 9.50 Å². The molecule has 1 amide bonds. The standard InChI is InChI=1S/C23H34N4O/c1-17(2)21-15-19(14-18-10-6-7-11-18)24-22-16-20(25-27(21)22)23(28)26-12-8-4-3-5-9-13-26/h15-18H,3-14H2,1-2H3. The lowest BCUT2D eigenvalue weighted by molar-refractivity contribution is 0.0736. The Morgan fingerprint density at radius 3 is 2.39 bits per heavy atom. The highest BCUT2D eigenvalue weighted by atomic mass is 16.2. The van der Waals surface area contributed by atoms with Crippen LogP contribution in [0.3, 0.4) is 0 Å². The first-order valence-electron chi connectivity index (χ1n) is 11.3. The number of aromatic nitrogens is 3. The van der Waals surface area contributed by atoms with E-state index in [0.29, 0.717) is 11.6 Å². The van der Waals surface area contributed by atoms with E-state index in [1.807, 2.05) is 15.5 Å². The number of hydrogen-bond acceptors (Lipinski definition) is 3. The topological polar surface area (TPSA) is 50.5 Å². The van der Waals surface area contributed by atoms with Gasteiger partial charge in [0.05, 0.1) is 0 Å². The summed E-state index contributed by atoms with van der Waals surface area (Å²) < 4.78 is 1.90. The van der Waals surface area contributed by atoms with Crippen LogP contribution in [-0.4, -0.2) is 38.5 Å². The normalized spacial score (nSPS) is 19.3. The molecule has 0 N–H and O–H groups in total. The monoisotopic (exact) mass is 382 g/mol. The van der Waals surface area contributed by atoms with Gasteiger partial charge in [0.2, 0.25) is 0 Å². The van der Waals surface area contributed by atoms with E-state index < -0.39 is 0 Å². The molecular formula is C23H34N4O. The van der Waals surface area contributed by atoms with E-state index in [4.69, 9.17) is 10.1 Å². The highest BCUT2D eigenvalue weighted by Gasteiger charge is 2.22. The first-order valence-corrected chi connectivity index (χ1v) is 11.3. The van der Waals surface area contributed by atoms with Crippen molar-refractivity contribution in [2.45, 2.75) is 84.0 Å². The van der Waals surface area contributed by atoms with Crippen LogP contribution in [0, 0.1) is 5.92 Å². The summed E-state index contributed by atoms with van der Waals surface area (Å²) in [4.78, 5) is 20.0. The highest BCUT2D eigenvalue weighted by molar-refractivity contribution is 5.93. The molecule has 2 fully saturated rings. The van der Waals surface area contributed by atoms with Crippen molar-refractivity contribution in [1.29, 1.82) is 0 Å². The highest BCUT2D eigenvalue weighted by Crippen LogP contribution is 2.29. The van der Waals surface area contributed by atoms with Crippen LogP contribution in [0.4, 0.5) is 0 Å². The molecule has 1 saturated heterocycles. The molecule has 2 aliphatic rings. The molecule has 2 aromatic rings. The summed E-state index contributed by atoms with van der Waals surface area (Å²) >= 11 is 0. The van der Waals surface area contributed by atoms with E-state index in [9.17, 15) is 4.79 Å². The molecular weight excluding hydrogens is 348 g/mol. The summed E-state index contributed by atoms with van der Waals surface area (Å²) in [5.74, 6) is 1.18. The van der Waals surface area contributed by atoms with Crippen LogP contribution in [0.2, 0.25) is 0 Å². The van der Waals surface area contributed by atoms with Crippen LogP contribution < -0.4 is 0 Å². The Labute approximate surface area is 168 Å². The Hall–Kier alpha value is -1.91. The number of rotatable bonds is 4. The number of fused-ring (bicyclic) bond motifs is 1. The minimum absolute atomic E-state index is 0.0689. The summed E-state index contributed by atoms with van der Waals surface area (Å²) in [5.41, 5.74) is 3.69. The Balaban J connectivity index is 1.62. The third-order valence-corrected chi connectivity index (χ3v) is 6.43. The average molecular weight is 383 g/mol. The van der Waals surface area contributed by atoms with Crippen LogP contribution in [0.25, 0.3) is 5.65 Å². The molecule has 152 valence electrons. The third kappa shape index (κ3) is 4.23. The van der Waals surface area contributed by atoms with Crippen molar-refractivity contribution < 1.29 is 4.79 Å². The van der Waals surface area contributed by atoms with Crippen molar-refractivity contribution in [3.05, 3.63) is 29.2 Å². The predicted molar refractivity (Wildman–Crippen MR) is 112 cm³/mol. The molecule has 5 heteroatoms. The van der Waals surface area contributed by atoms with Crippen molar-refractivity contribution in [3.8, 4) is 0 Å². The fraction of sp³-hybridized carbons (Fsp3) is 0.696. The Morgan fingerprint density at radius 2 is 1.71 bits per heavy atom. The van der Waals surface area contributed by atoms with Gasteiger partial charge in [0.25, 0.3) is 5.91 Å². The van der Waals surface area contributed by atoms with Crippen molar-refractivity contribution in [2.75, 3.05) is 13.1 Å². The lowest BCUT2D eigenvalue weighted by Crippen LogP contribution is -2.34. The van der Waals surface area contributed by atoms with E-state index in [1.54, 1.807) is 0 Å². The van der Waals surface area contributed by atoms with Gasteiger partial charge in [-0.3, -0.25) is 4.79 Å². The summed E-state index contributed by atoms with van der Waals surface area (Å²) in [7, 11) is 0. The average Bonchev–Trinajstić information content (AvgIpc) is 3.29. The van der Waals surface area contributed by atoms with Crippen molar-refractivity contribution >= 4 is 11.6 Å². The van der Waals surface area contributed by atoms with Gasteiger partial charge in [0.15, 0.2) is 11.3 Å². The van der Waals surface area contributed by atoms with Crippen LogP contribution in [0.1, 0.15) is 99.4 Å². The Kier molecular flexibility index (Phi) is 5.98. The molecule has 0 aromatic carbocycles. The molecule has 0 atom stereocenters. The minimum atomic E-state index is 0.0689. The van der Waals surface area contributed by atoms with Crippen molar-refractivity contribution in [2.24, 2.45) is 5.92 Å². The second kappa shape index (κ2) is 8.62. The molecule has 4 rings (SSSR count). The van der Waals surface area contributed by atoms with E-state index in [2.05, 4.69) is 19.9 Å². The first kappa shape index (κ1) is 19.4. The zero-order valence-electron chi connectivity index (χ0n) is 17.5. The zero-order valence-corrected chi connectivity index (χ0v) is 17.5. The quantitative estimate of drug-likeness (QED) is 0.748. The van der Waals surface area contributed by atoms with Crippen LogP contribution in [0.15, 0.2) is 12.1 Å². The molecule has 5 nitrogen and oxygen atoms in total. The molecule has 0 spiro atoms. The molecule has 2 aromatic heterocycles. The third-order valence-electron chi connectivity index (χ3n) is 6.43. The maximum Gasteiger partial charge on any atom is 0.274 e. The van der Waals surface area contributed by atoms with Gasteiger partial charge >= 0.3 is 0 Å². The second-order valence-corrected chi connectivity index (χ2v) is 9.04. The summed E-state index contributed by atoms with van der Waals surface area (Å²) in [6.45, 7) is 6.08. The predicted octanol–water partition coefficient (Wildman–Crippen LogP) is 4.99. The summed E-state index contributed by atoms with van der Waals surface area (Å²) in [6.07, 6.45) is 12.3. The largest absolute Gasteiger partial charge is 0.337 e.